The van der Waals surface area contributed by atoms with Crippen molar-refractivity contribution >= 4 is 17.8 Å². The molecule has 0 heterocycles. The van der Waals surface area contributed by atoms with Gasteiger partial charge in [-0.3, -0.25) is 4.79 Å². The van der Waals surface area contributed by atoms with Crippen LogP contribution in [0.4, 0.5) is 0 Å². The van der Waals surface area contributed by atoms with Crippen molar-refractivity contribution in [3.63, 3.8) is 0 Å². The third-order valence-electron chi connectivity index (χ3n) is 4.35. The molecule has 166 valence electrons. The SMILES string of the molecule is CCOC(=O)/C(=C\c1cc(OC)c(OC)c(OC)c1)C(=O)c1cc(OC)cc(OC)c1. The molecule has 0 fully saturated rings. The van der Waals surface area contributed by atoms with E-state index in [4.69, 9.17) is 28.4 Å². The fourth-order valence-corrected chi connectivity index (χ4v) is 2.87. The summed E-state index contributed by atoms with van der Waals surface area (Å²) in [5, 5.41) is 0. The number of ketones is 1. The van der Waals surface area contributed by atoms with Crippen molar-refractivity contribution < 1.29 is 38.0 Å². The summed E-state index contributed by atoms with van der Waals surface area (Å²) in [6.07, 6.45) is 1.41. The van der Waals surface area contributed by atoms with Crippen molar-refractivity contribution in [2.75, 3.05) is 42.2 Å². The minimum atomic E-state index is -0.761. The summed E-state index contributed by atoms with van der Waals surface area (Å²) in [6, 6.07) is 7.92. The zero-order chi connectivity index (χ0) is 23.0. The topological polar surface area (TPSA) is 89.5 Å². The average Bonchev–Trinajstić information content (AvgIpc) is 2.80. The van der Waals surface area contributed by atoms with Crippen molar-refractivity contribution in [3.05, 3.63) is 47.0 Å². The summed E-state index contributed by atoms with van der Waals surface area (Å²) in [7, 11) is 7.39. The molecule has 8 heteroatoms. The lowest BCUT2D eigenvalue weighted by molar-refractivity contribution is -0.137. The van der Waals surface area contributed by atoms with Crippen LogP contribution in [-0.2, 0) is 9.53 Å². The van der Waals surface area contributed by atoms with Crippen molar-refractivity contribution in [2.45, 2.75) is 6.92 Å². The number of hydrogen-bond donors (Lipinski definition) is 0. The summed E-state index contributed by atoms with van der Waals surface area (Å²) in [5.74, 6) is 0.673. The summed E-state index contributed by atoms with van der Waals surface area (Å²) in [5.41, 5.74) is 0.523. The first-order valence-corrected chi connectivity index (χ1v) is 9.38. The van der Waals surface area contributed by atoms with Gasteiger partial charge >= 0.3 is 5.97 Å². The highest BCUT2D eigenvalue weighted by molar-refractivity contribution is 6.27. The van der Waals surface area contributed by atoms with Crippen LogP contribution in [0.3, 0.4) is 0 Å². The van der Waals surface area contributed by atoms with E-state index < -0.39 is 11.8 Å². The second kappa shape index (κ2) is 10.9. The van der Waals surface area contributed by atoms with Gasteiger partial charge in [0.05, 0.1) is 42.2 Å². The van der Waals surface area contributed by atoms with Crippen LogP contribution in [0.25, 0.3) is 6.08 Å². The molecule has 0 aliphatic rings. The molecular weight excluding hydrogens is 404 g/mol. The summed E-state index contributed by atoms with van der Waals surface area (Å²) >= 11 is 0. The Morgan fingerprint density at radius 1 is 0.774 bits per heavy atom. The summed E-state index contributed by atoms with van der Waals surface area (Å²) in [6.45, 7) is 1.77. The van der Waals surface area contributed by atoms with E-state index in [9.17, 15) is 9.59 Å². The molecule has 0 saturated carbocycles. The van der Waals surface area contributed by atoms with E-state index in [0.29, 0.717) is 34.3 Å². The highest BCUT2D eigenvalue weighted by atomic mass is 16.5. The van der Waals surface area contributed by atoms with Crippen LogP contribution >= 0.6 is 0 Å². The Kier molecular flexibility index (Phi) is 8.31. The van der Waals surface area contributed by atoms with E-state index >= 15 is 0 Å². The van der Waals surface area contributed by atoms with Crippen molar-refractivity contribution in [3.8, 4) is 28.7 Å². The number of Topliss-reactive ketones (excluding diaryl/α,β-unsaturated/α-hetero) is 1. The summed E-state index contributed by atoms with van der Waals surface area (Å²) in [4.78, 5) is 25.9. The third kappa shape index (κ3) is 5.48. The van der Waals surface area contributed by atoms with Crippen molar-refractivity contribution in [1.29, 1.82) is 0 Å². The van der Waals surface area contributed by atoms with Gasteiger partial charge in [0.2, 0.25) is 11.5 Å². The van der Waals surface area contributed by atoms with E-state index in [2.05, 4.69) is 0 Å². The Hall–Kier alpha value is -3.68. The van der Waals surface area contributed by atoms with Crippen LogP contribution in [0.1, 0.15) is 22.8 Å². The van der Waals surface area contributed by atoms with E-state index in [1.165, 1.54) is 53.8 Å². The first-order chi connectivity index (χ1) is 14.9. The van der Waals surface area contributed by atoms with Crippen LogP contribution < -0.4 is 23.7 Å². The Morgan fingerprint density at radius 2 is 1.32 bits per heavy atom. The number of ether oxygens (including phenoxy) is 6. The van der Waals surface area contributed by atoms with E-state index in [0.717, 1.165) is 0 Å². The molecule has 0 bridgehead atoms. The fraction of sp³-hybridized carbons (Fsp3) is 0.304. The van der Waals surface area contributed by atoms with Gasteiger partial charge in [0.25, 0.3) is 0 Å². The van der Waals surface area contributed by atoms with Gasteiger partial charge in [-0.1, -0.05) is 0 Å². The van der Waals surface area contributed by atoms with Crippen LogP contribution in [0.15, 0.2) is 35.9 Å². The molecular formula is C23H26O8. The molecule has 0 spiro atoms. The van der Waals surface area contributed by atoms with Gasteiger partial charge in [-0.2, -0.15) is 0 Å². The number of hydrogen-bond acceptors (Lipinski definition) is 8. The van der Waals surface area contributed by atoms with Crippen molar-refractivity contribution in [2.24, 2.45) is 0 Å². The number of esters is 1. The van der Waals surface area contributed by atoms with Crippen LogP contribution in [0.5, 0.6) is 28.7 Å². The number of carbonyl (C=O) groups is 2. The minimum absolute atomic E-state index is 0.111. The van der Waals surface area contributed by atoms with Crippen LogP contribution in [-0.4, -0.2) is 53.9 Å². The molecule has 8 nitrogen and oxygen atoms in total. The maximum absolute atomic E-state index is 13.3. The molecule has 0 saturated heterocycles. The Morgan fingerprint density at radius 3 is 1.74 bits per heavy atom. The van der Waals surface area contributed by atoms with Crippen LogP contribution in [0.2, 0.25) is 0 Å². The van der Waals surface area contributed by atoms with Gasteiger partial charge in [-0.05, 0) is 42.8 Å². The fourth-order valence-electron chi connectivity index (χ4n) is 2.87. The molecule has 0 atom stereocenters. The van der Waals surface area contributed by atoms with E-state index in [1.54, 1.807) is 25.1 Å². The number of benzene rings is 2. The van der Waals surface area contributed by atoms with Gasteiger partial charge < -0.3 is 28.4 Å². The maximum atomic E-state index is 13.3. The largest absolute Gasteiger partial charge is 0.497 e. The zero-order valence-corrected chi connectivity index (χ0v) is 18.4. The normalized spacial score (nSPS) is 10.8. The lowest BCUT2D eigenvalue weighted by atomic mass is 10.00. The predicted molar refractivity (Wildman–Crippen MR) is 115 cm³/mol. The third-order valence-corrected chi connectivity index (χ3v) is 4.35. The van der Waals surface area contributed by atoms with Crippen molar-refractivity contribution in [1.82, 2.24) is 0 Å². The van der Waals surface area contributed by atoms with E-state index in [1.807, 2.05) is 0 Å². The Labute approximate surface area is 181 Å². The average molecular weight is 430 g/mol. The van der Waals surface area contributed by atoms with Gasteiger partial charge in [0, 0.05) is 11.6 Å². The Balaban J connectivity index is 2.64. The first-order valence-electron chi connectivity index (χ1n) is 9.38. The summed E-state index contributed by atoms with van der Waals surface area (Å²) < 4.78 is 31.6. The van der Waals surface area contributed by atoms with Gasteiger partial charge in [0.1, 0.15) is 17.1 Å². The molecule has 2 rings (SSSR count). The molecule has 0 radical (unpaired) electrons. The second-order valence-corrected chi connectivity index (χ2v) is 6.17. The zero-order valence-electron chi connectivity index (χ0n) is 18.4. The number of methoxy groups -OCH3 is 5. The first kappa shape index (κ1) is 23.6. The molecule has 0 amide bonds. The van der Waals surface area contributed by atoms with E-state index in [-0.39, 0.29) is 17.7 Å². The quantitative estimate of drug-likeness (QED) is 0.186. The highest BCUT2D eigenvalue weighted by Gasteiger charge is 2.23. The lowest BCUT2D eigenvalue weighted by Crippen LogP contribution is -2.16. The monoisotopic (exact) mass is 430 g/mol. The van der Waals surface area contributed by atoms with Gasteiger partial charge in [0.15, 0.2) is 11.5 Å². The predicted octanol–water partition coefficient (Wildman–Crippen LogP) is 3.56. The molecule has 0 N–H and O–H groups in total. The minimum Gasteiger partial charge on any atom is -0.497 e. The number of carbonyl (C=O) groups excluding carboxylic acids is 2. The molecule has 0 aliphatic heterocycles. The number of rotatable bonds is 10. The standard InChI is InChI=1S/C23H26O8/c1-7-31-23(25)18(21(24)15-11-16(26-2)13-17(12-15)27-3)8-14-9-19(28-4)22(30-6)20(10-14)29-5/h8-13H,7H2,1-6H3/b18-8-. The molecule has 2 aromatic rings. The Bertz CT molecular complexity index is 930. The smallest absolute Gasteiger partial charge is 0.342 e. The molecule has 0 aromatic heterocycles. The molecule has 0 unspecified atom stereocenters. The maximum Gasteiger partial charge on any atom is 0.342 e. The molecule has 2 aromatic carbocycles. The van der Waals surface area contributed by atoms with Crippen LogP contribution in [0, 0.1) is 0 Å². The highest BCUT2D eigenvalue weighted by Crippen LogP contribution is 2.39. The molecule has 31 heavy (non-hydrogen) atoms. The second-order valence-electron chi connectivity index (χ2n) is 6.17. The van der Waals surface area contributed by atoms with Gasteiger partial charge in [-0.25, -0.2) is 4.79 Å². The lowest BCUT2D eigenvalue weighted by Gasteiger charge is -2.14. The molecule has 0 aliphatic carbocycles. The van der Waals surface area contributed by atoms with Gasteiger partial charge in [-0.15, -0.1) is 0 Å².